The Morgan fingerprint density at radius 1 is 1.33 bits per heavy atom. The molecule has 4 N–H and O–H groups in total. The van der Waals surface area contributed by atoms with Gasteiger partial charge in [-0.3, -0.25) is 0 Å². The lowest BCUT2D eigenvalue weighted by Gasteiger charge is -2.14. The van der Waals surface area contributed by atoms with Gasteiger partial charge in [-0.1, -0.05) is 12.1 Å². The largest absolute Gasteiger partial charge is 0.383 e. The Labute approximate surface area is 108 Å². The molecule has 18 heavy (non-hydrogen) atoms. The molecule has 0 bridgehead atoms. The average Bonchev–Trinajstić information content (AvgIpc) is 2.29. The number of benzene rings is 1. The highest BCUT2D eigenvalue weighted by Gasteiger charge is 2.07. The third kappa shape index (κ3) is 4.73. The van der Waals surface area contributed by atoms with E-state index in [4.69, 9.17) is 10.5 Å². The molecule has 0 spiro atoms. The minimum absolute atomic E-state index is 0.00500. The van der Waals surface area contributed by atoms with E-state index >= 15 is 0 Å². The Hall–Kier alpha value is -1.59. The van der Waals surface area contributed by atoms with Crippen LogP contribution in [0.25, 0.3) is 0 Å². The second-order valence-corrected chi connectivity index (χ2v) is 4.37. The van der Waals surface area contributed by atoms with Crippen molar-refractivity contribution in [1.29, 1.82) is 0 Å². The Bertz CT molecular complexity index is 376. The zero-order chi connectivity index (χ0) is 13.5. The van der Waals surface area contributed by atoms with Gasteiger partial charge in [-0.2, -0.15) is 0 Å². The zero-order valence-electron chi connectivity index (χ0n) is 11.1. The van der Waals surface area contributed by atoms with E-state index in [1.807, 2.05) is 38.1 Å². The summed E-state index contributed by atoms with van der Waals surface area (Å²) in [6.07, 6.45) is 0. The van der Waals surface area contributed by atoms with Gasteiger partial charge >= 0.3 is 6.03 Å². The monoisotopic (exact) mass is 251 g/mol. The predicted octanol–water partition coefficient (Wildman–Crippen LogP) is 1.86. The smallest absolute Gasteiger partial charge is 0.319 e. The van der Waals surface area contributed by atoms with Crippen molar-refractivity contribution in [2.24, 2.45) is 5.73 Å². The van der Waals surface area contributed by atoms with Gasteiger partial charge in [-0.15, -0.1) is 0 Å². The summed E-state index contributed by atoms with van der Waals surface area (Å²) in [5.74, 6) is 0. The Kier molecular flexibility index (Phi) is 5.61. The van der Waals surface area contributed by atoms with Gasteiger partial charge in [-0.05, 0) is 31.5 Å². The van der Waals surface area contributed by atoms with Crippen molar-refractivity contribution in [3.05, 3.63) is 29.8 Å². The van der Waals surface area contributed by atoms with Crippen molar-refractivity contribution >= 4 is 11.7 Å². The number of rotatable bonds is 5. The van der Waals surface area contributed by atoms with Gasteiger partial charge in [0, 0.05) is 18.8 Å². The first kappa shape index (κ1) is 14.5. The van der Waals surface area contributed by atoms with Gasteiger partial charge < -0.3 is 21.1 Å². The third-order valence-corrected chi connectivity index (χ3v) is 2.49. The van der Waals surface area contributed by atoms with E-state index in [0.717, 1.165) is 11.3 Å². The number of amides is 2. The fourth-order valence-electron chi connectivity index (χ4n) is 1.55. The van der Waals surface area contributed by atoms with Crippen LogP contribution in [-0.2, 0) is 4.74 Å². The van der Waals surface area contributed by atoms with Crippen molar-refractivity contribution in [2.45, 2.75) is 25.9 Å². The van der Waals surface area contributed by atoms with E-state index in [0.29, 0.717) is 6.61 Å². The first-order valence-electron chi connectivity index (χ1n) is 5.95. The second kappa shape index (κ2) is 6.98. The highest BCUT2D eigenvalue weighted by Crippen LogP contribution is 2.13. The van der Waals surface area contributed by atoms with E-state index < -0.39 is 0 Å². The highest BCUT2D eigenvalue weighted by molar-refractivity contribution is 5.89. The number of ether oxygens (including phenoxy) is 1. The molecule has 0 radical (unpaired) electrons. The summed E-state index contributed by atoms with van der Waals surface area (Å²) in [4.78, 5) is 11.6. The predicted molar refractivity (Wildman–Crippen MR) is 72.5 cm³/mol. The third-order valence-electron chi connectivity index (χ3n) is 2.49. The number of carbonyl (C=O) groups excluding carboxylic acids is 1. The molecule has 2 unspecified atom stereocenters. The van der Waals surface area contributed by atoms with Gasteiger partial charge in [0.15, 0.2) is 0 Å². The first-order chi connectivity index (χ1) is 8.52. The summed E-state index contributed by atoms with van der Waals surface area (Å²) >= 11 is 0. The van der Waals surface area contributed by atoms with E-state index in [9.17, 15) is 4.79 Å². The maximum atomic E-state index is 11.6. The topological polar surface area (TPSA) is 76.4 Å². The van der Waals surface area contributed by atoms with Crippen LogP contribution >= 0.6 is 0 Å². The van der Waals surface area contributed by atoms with E-state index in [-0.39, 0.29) is 18.1 Å². The van der Waals surface area contributed by atoms with Crippen molar-refractivity contribution in [3.8, 4) is 0 Å². The fourth-order valence-corrected chi connectivity index (χ4v) is 1.55. The number of nitrogens with one attached hydrogen (secondary N) is 2. The SMILES string of the molecule is COCC(C)NC(=O)Nc1ccc(C(C)N)cc1. The lowest BCUT2D eigenvalue weighted by molar-refractivity contribution is 0.173. The number of urea groups is 1. The molecule has 1 rings (SSSR count). The summed E-state index contributed by atoms with van der Waals surface area (Å²) in [5.41, 5.74) is 7.52. The molecule has 5 nitrogen and oxygen atoms in total. The second-order valence-electron chi connectivity index (χ2n) is 4.37. The summed E-state index contributed by atoms with van der Waals surface area (Å²) in [5, 5.41) is 5.52. The van der Waals surface area contributed by atoms with E-state index in [1.165, 1.54) is 0 Å². The summed E-state index contributed by atoms with van der Waals surface area (Å²) in [7, 11) is 1.60. The standard InChI is InChI=1S/C13H21N3O2/c1-9(8-18-3)15-13(17)16-12-6-4-11(5-7-12)10(2)14/h4-7,9-10H,8,14H2,1-3H3,(H2,15,16,17). The van der Waals surface area contributed by atoms with Gasteiger partial charge in [0.25, 0.3) is 0 Å². The minimum atomic E-state index is -0.243. The summed E-state index contributed by atoms with van der Waals surface area (Å²) < 4.78 is 4.94. The van der Waals surface area contributed by atoms with Crippen LogP contribution in [0.2, 0.25) is 0 Å². The first-order valence-corrected chi connectivity index (χ1v) is 5.95. The van der Waals surface area contributed by atoms with Crippen LogP contribution in [0.5, 0.6) is 0 Å². The van der Waals surface area contributed by atoms with E-state index in [1.54, 1.807) is 7.11 Å². The molecule has 1 aromatic carbocycles. The molecule has 2 atom stereocenters. The molecule has 1 aromatic rings. The average molecular weight is 251 g/mol. The van der Waals surface area contributed by atoms with Crippen molar-refractivity contribution in [2.75, 3.05) is 19.0 Å². The number of nitrogens with two attached hydrogens (primary N) is 1. The Morgan fingerprint density at radius 2 is 1.94 bits per heavy atom. The molecule has 0 heterocycles. The van der Waals surface area contributed by atoms with Gasteiger partial charge in [0.2, 0.25) is 0 Å². The Balaban J connectivity index is 2.49. The van der Waals surface area contributed by atoms with Crippen LogP contribution in [0.15, 0.2) is 24.3 Å². The molecule has 100 valence electrons. The molecule has 0 aromatic heterocycles. The van der Waals surface area contributed by atoms with Crippen LogP contribution in [0.4, 0.5) is 10.5 Å². The van der Waals surface area contributed by atoms with Crippen molar-refractivity contribution in [3.63, 3.8) is 0 Å². The lowest BCUT2D eigenvalue weighted by Crippen LogP contribution is -2.38. The van der Waals surface area contributed by atoms with Crippen LogP contribution in [0, 0.1) is 0 Å². The van der Waals surface area contributed by atoms with Gasteiger partial charge in [0.1, 0.15) is 0 Å². The van der Waals surface area contributed by atoms with Crippen LogP contribution < -0.4 is 16.4 Å². The van der Waals surface area contributed by atoms with E-state index in [2.05, 4.69) is 10.6 Å². The van der Waals surface area contributed by atoms with Crippen LogP contribution in [0.1, 0.15) is 25.5 Å². The quantitative estimate of drug-likeness (QED) is 0.747. The molecule has 0 saturated carbocycles. The molecule has 0 aliphatic carbocycles. The number of hydrogen-bond acceptors (Lipinski definition) is 3. The maximum Gasteiger partial charge on any atom is 0.319 e. The number of anilines is 1. The molecule has 2 amide bonds. The van der Waals surface area contributed by atoms with Gasteiger partial charge in [-0.25, -0.2) is 4.79 Å². The van der Waals surface area contributed by atoms with Gasteiger partial charge in [0.05, 0.1) is 12.6 Å². The maximum absolute atomic E-state index is 11.6. The number of carbonyl (C=O) groups is 1. The normalized spacial score (nSPS) is 13.8. The molecule has 0 aliphatic heterocycles. The zero-order valence-corrected chi connectivity index (χ0v) is 11.1. The molecule has 0 aliphatic rings. The fraction of sp³-hybridized carbons (Fsp3) is 0.462. The van der Waals surface area contributed by atoms with Crippen LogP contribution in [0.3, 0.4) is 0 Å². The summed E-state index contributed by atoms with van der Waals surface area (Å²) in [6, 6.07) is 7.19. The molecule has 0 saturated heterocycles. The molecular formula is C13H21N3O2. The van der Waals surface area contributed by atoms with Crippen molar-refractivity contribution < 1.29 is 9.53 Å². The summed E-state index contributed by atoms with van der Waals surface area (Å²) in [6.45, 7) is 4.28. The van der Waals surface area contributed by atoms with Crippen LogP contribution in [-0.4, -0.2) is 25.8 Å². The highest BCUT2D eigenvalue weighted by atomic mass is 16.5. The number of methoxy groups -OCH3 is 1. The lowest BCUT2D eigenvalue weighted by atomic mass is 10.1. The molecular weight excluding hydrogens is 230 g/mol. The minimum Gasteiger partial charge on any atom is -0.383 e. The van der Waals surface area contributed by atoms with Crippen molar-refractivity contribution in [1.82, 2.24) is 5.32 Å². The Morgan fingerprint density at radius 3 is 2.44 bits per heavy atom. The molecule has 5 heteroatoms. The number of hydrogen-bond donors (Lipinski definition) is 3. The molecule has 0 fully saturated rings.